The number of nitrogens with one attached hydrogen (secondary N) is 1. The van der Waals surface area contributed by atoms with E-state index in [0.29, 0.717) is 11.1 Å². The van der Waals surface area contributed by atoms with Gasteiger partial charge in [0.1, 0.15) is 6.07 Å². The van der Waals surface area contributed by atoms with Crippen LogP contribution >= 0.6 is 23.2 Å². The van der Waals surface area contributed by atoms with Crippen molar-refractivity contribution in [1.82, 2.24) is 10.3 Å². The van der Waals surface area contributed by atoms with Crippen LogP contribution in [0.2, 0.25) is 10.0 Å². The van der Waals surface area contributed by atoms with Crippen molar-refractivity contribution in [3.05, 3.63) is 69.7 Å². The number of benzene rings is 2. The summed E-state index contributed by atoms with van der Waals surface area (Å²) in [6, 6.07) is 12.3. The van der Waals surface area contributed by atoms with E-state index in [4.69, 9.17) is 32.7 Å². The molecular formula is C25H22Cl2N6O5. The van der Waals surface area contributed by atoms with Crippen LogP contribution < -0.4 is 15.2 Å². The molecule has 4 rings (SSSR count). The van der Waals surface area contributed by atoms with Gasteiger partial charge in [-0.3, -0.25) is 10.3 Å². The number of esters is 1. The summed E-state index contributed by atoms with van der Waals surface area (Å²) in [6.07, 6.45) is 0.640. The van der Waals surface area contributed by atoms with Gasteiger partial charge in [-0.05, 0) is 35.8 Å². The summed E-state index contributed by atoms with van der Waals surface area (Å²) >= 11 is 12.9. The molecule has 0 aliphatic carbocycles. The summed E-state index contributed by atoms with van der Waals surface area (Å²) in [4.78, 5) is 26.6. The molecule has 11 nitrogen and oxygen atoms in total. The number of carbonyl (C=O) groups is 2. The molecule has 2 N–H and O–H groups in total. The van der Waals surface area contributed by atoms with Gasteiger partial charge in [-0.15, -0.1) is 5.10 Å². The van der Waals surface area contributed by atoms with Gasteiger partial charge in [-0.2, -0.15) is 15.4 Å². The summed E-state index contributed by atoms with van der Waals surface area (Å²) < 4.78 is 11.0. The minimum absolute atomic E-state index is 0.000441. The molecule has 0 saturated carbocycles. The minimum atomic E-state index is -0.942. The molecule has 0 aromatic heterocycles. The molecule has 196 valence electrons. The molecule has 2 aromatic rings. The van der Waals surface area contributed by atoms with E-state index in [0.717, 1.165) is 9.91 Å². The maximum atomic E-state index is 13.2. The minimum Gasteiger partial charge on any atom is -0.440 e. The third-order valence-electron chi connectivity index (χ3n) is 5.51. The molecule has 38 heavy (non-hydrogen) atoms. The first-order valence-electron chi connectivity index (χ1n) is 11.4. The van der Waals surface area contributed by atoms with Crippen molar-refractivity contribution in [3.63, 3.8) is 0 Å². The van der Waals surface area contributed by atoms with Crippen molar-refractivity contribution in [2.75, 3.05) is 18.3 Å². The van der Waals surface area contributed by atoms with E-state index >= 15 is 0 Å². The number of nitrogens with zero attached hydrogens (tertiary/aromatic N) is 5. The Morgan fingerprint density at radius 1 is 1.26 bits per heavy atom. The zero-order chi connectivity index (χ0) is 27.4. The molecule has 2 aromatic carbocycles. The SMILES string of the molecule is CC(C)C1=CC(Oc2c(Cl)cc(N3N=C(C#N)CN(COC(=O)c4ccccc4)C3=O)cc2Cl)=NNC1O. The maximum absolute atomic E-state index is 13.2. The number of aliphatic hydroxyl groups excluding tert-OH is 1. The van der Waals surface area contributed by atoms with Crippen molar-refractivity contribution >= 4 is 52.5 Å². The standard InChI is InChI=1S/C25H22Cl2N6O5/c1-14(2)18-10-21(29-30-23(18)34)38-22-19(26)8-17(9-20(22)27)33-25(36)32(12-16(11-28)31-33)13-37-24(35)15-6-4-3-5-7-15/h3-10,14,23,30,34H,12-13H2,1-2H3. The second kappa shape index (κ2) is 11.5. The van der Waals surface area contributed by atoms with Gasteiger partial charge in [-0.1, -0.05) is 55.2 Å². The Morgan fingerprint density at radius 3 is 2.58 bits per heavy atom. The Kier molecular flexibility index (Phi) is 8.16. The molecule has 1 unspecified atom stereocenters. The Bertz CT molecular complexity index is 1360. The van der Waals surface area contributed by atoms with Crippen LogP contribution in [0.15, 0.2) is 64.3 Å². The monoisotopic (exact) mass is 556 g/mol. The molecule has 2 aliphatic heterocycles. The first-order valence-corrected chi connectivity index (χ1v) is 12.1. The van der Waals surface area contributed by atoms with Gasteiger partial charge < -0.3 is 14.6 Å². The number of urea groups is 1. The number of rotatable bonds is 6. The third kappa shape index (κ3) is 5.89. The fourth-order valence-corrected chi connectivity index (χ4v) is 4.11. The van der Waals surface area contributed by atoms with E-state index in [1.165, 1.54) is 12.1 Å². The number of carbonyl (C=O) groups excluding carboxylic acids is 2. The highest BCUT2D eigenvalue weighted by Gasteiger charge is 2.31. The van der Waals surface area contributed by atoms with Gasteiger partial charge in [-0.25, -0.2) is 9.59 Å². The number of aliphatic hydroxyl groups is 1. The van der Waals surface area contributed by atoms with Gasteiger partial charge in [0.25, 0.3) is 0 Å². The van der Waals surface area contributed by atoms with Gasteiger partial charge in [0.15, 0.2) is 24.4 Å². The van der Waals surface area contributed by atoms with E-state index in [1.807, 2.05) is 19.9 Å². The van der Waals surface area contributed by atoms with Crippen LogP contribution in [0.25, 0.3) is 0 Å². The molecule has 0 radical (unpaired) electrons. The number of ether oxygens (including phenoxy) is 2. The highest BCUT2D eigenvalue weighted by molar-refractivity contribution is 6.38. The van der Waals surface area contributed by atoms with Gasteiger partial charge >= 0.3 is 12.0 Å². The molecule has 0 bridgehead atoms. The molecular weight excluding hydrogens is 535 g/mol. The van der Waals surface area contributed by atoms with Crippen LogP contribution in [0.4, 0.5) is 10.5 Å². The molecule has 0 fully saturated rings. The Balaban J connectivity index is 1.54. The Morgan fingerprint density at radius 2 is 1.95 bits per heavy atom. The quantitative estimate of drug-likeness (QED) is 0.509. The van der Waals surface area contributed by atoms with Crippen molar-refractivity contribution in [1.29, 1.82) is 5.26 Å². The Hall–Kier alpha value is -4.11. The number of halogens is 2. The second-order valence-corrected chi connectivity index (χ2v) is 9.31. The van der Waals surface area contributed by atoms with Crippen LogP contribution in [0.5, 0.6) is 5.75 Å². The van der Waals surface area contributed by atoms with Crippen LogP contribution in [0.3, 0.4) is 0 Å². The number of nitriles is 1. The zero-order valence-electron chi connectivity index (χ0n) is 20.3. The lowest BCUT2D eigenvalue weighted by Gasteiger charge is -2.31. The Labute approximate surface area is 228 Å². The van der Waals surface area contributed by atoms with Crippen molar-refractivity contribution in [3.8, 4) is 11.8 Å². The number of hydrogen-bond donors (Lipinski definition) is 2. The van der Waals surface area contributed by atoms with Crippen molar-refractivity contribution < 1.29 is 24.2 Å². The van der Waals surface area contributed by atoms with E-state index in [2.05, 4.69) is 15.6 Å². The highest BCUT2D eigenvalue weighted by atomic mass is 35.5. The van der Waals surface area contributed by atoms with E-state index in [-0.39, 0.29) is 45.6 Å². The fourth-order valence-electron chi connectivity index (χ4n) is 3.56. The largest absolute Gasteiger partial charge is 0.440 e. The van der Waals surface area contributed by atoms with Crippen LogP contribution in [-0.4, -0.2) is 53.1 Å². The van der Waals surface area contributed by atoms with Crippen molar-refractivity contribution in [2.45, 2.75) is 20.1 Å². The summed E-state index contributed by atoms with van der Waals surface area (Å²) in [5, 5.41) is 28.5. The third-order valence-corrected chi connectivity index (χ3v) is 6.07. The van der Waals surface area contributed by atoms with Crippen LogP contribution in [-0.2, 0) is 4.74 Å². The normalized spacial score (nSPS) is 17.2. The molecule has 1 atom stereocenters. The lowest BCUT2D eigenvalue weighted by atomic mass is 10.0. The van der Waals surface area contributed by atoms with E-state index in [9.17, 15) is 20.0 Å². The number of anilines is 1. The number of hydrazone groups is 2. The predicted molar refractivity (Wildman–Crippen MR) is 141 cm³/mol. The molecule has 2 amide bonds. The summed E-state index contributed by atoms with van der Waals surface area (Å²) in [5.41, 5.74) is 3.69. The molecule has 2 aliphatic rings. The van der Waals surface area contributed by atoms with Gasteiger partial charge in [0.2, 0.25) is 5.90 Å². The first-order chi connectivity index (χ1) is 18.2. The van der Waals surface area contributed by atoms with E-state index in [1.54, 1.807) is 36.4 Å². The maximum Gasteiger partial charge on any atom is 0.348 e. The van der Waals surface area contributed by atoms with Crippen molar-refractivity contribution in [2.24, 2.45) is 16.1 Å². The molecule has 13 heteroatoms. The predicted octanol–water partition coefficient (Wildman–Crippen LogP) is 4.13. The smallest absolute Gasteiger partial charge is 0.348 e. The van der Waals surface area contributed by atoms with E-state index < -0.39 is 25.0 Å². The summed E-state index contributed by atoms with van der Waals surface area (Å²) in [5.74, 6) is -0.412. The second-order valence-electron chi connectivity index (χ2n) is 8.50. The number of hydrogen-bond acceptors (Lipinski definition) is 9. The van der Waals surface area contributed by atoms with Crippen LogP contribution in [0.1, 0.15) is 24.2 Å². The molecule has 2 heterocycles. The first kappa shape index (κ1) is 26.9. The lowest BCUT2D eigenvalue weighted by Crippen LogP contribution is -2.49. The fraction of sp³-hybridized carbons (Fsp3) is 0.240. The number of amides is 2. The average Bonchev–Trinajstić information content (AvgIpc) is 2.91. The molecule has 0 spiro atoms. The zero-order valence-corrected chi connectivity index (χ0v) is 21.8. The van der Waals surface area contributed by atoms with Crippen LogP contribution in [0, 0.1) is 17.2 Å². The van der Waals surface area contributed by atoms with Gasteiger partial charge in [0, 0.05) is 6.08 Å². The van der Waals surface area contributed by atoms with Gasteiger partial charge in [0.05, 0.1) is 27.8 Å². The molecule has 0 saturated heterocycles. The lowest BCUT2D eigenvalue weighted by molar-refractivity contribution is 0.0324. The summed E-state index contributed by atoms with van der Waals surface area (Å²) in [6.45, 7) is 3.26. The highest BCUT2D eigenvalue weighted by Crippen LogP contribution is 2.38. The topological polar surface area (TPSA) is 140 Å². The summed E-state index contributed by atoms with van der Waals surface area (Å²) in [7, 11) is 0. The average molecular weight is 557 g/mol.